The van der Waals surface area contributed by atoms with Gasteiger partial charge in [-0.2, -0.15) is 0 Å². The zero-order valence-corrected chi connectivity index (χ0v) is 9.84. The SMILES string of the molecule is CCCC(NN)c1ccc(Cl)c(OC)c1. The van der Waals surface area contributed by atoms with Gasteiger partial charge in [-0.3, -0.25) is 11.3 Å². The first-order valence-electron chi connectivity index (χ1n) is 5.02. The molecule has 3 N–H and O–H groups in total. The van der Waals surface area contributed by atoms with Crippen LogP contribution in [0.1, 0.15) is 31.4 Å². The Morgan fingerprint density at radius 3 is 2.80 bits per heavy atom. The summed E-state index contributed by atoms with van der Waals surface area (Å²) in [6.45, 7) is 2.12. The highest BCUT2D eigenvalue weighted by Gasteiger charge is 2.10. The summed E-state index contributed by atoms with van der Waals surface area (Å²) in [5.41, 5.74) is 3.89. The highest BCUT2D eigenvalue weighted by atomic mass is 35.5. The second kappa shape index (κ2) is 5.95. The van der Waals surface area contributed by atoms with Crippen LogP contribution in [0.15, 0.2) is 18.2 Å². The first-order chi connectivity index (χ1) is 7.22. The molecular weight excluding hydrogens is 212 g/mol. The van der Waals surface area contributed by atoms with Crippen LogP contribution in [0.4, 0.5) is 0 Å². The minimum Gasteiger partial charge on any atom is -0.495 e. The summed E-state index contributed by atoms with van der Waals surface area (Å²) >= 11 is 5.94. The number of nitrogens with two attached hydrogens (primary N) is 1. The van der Waals surface area contributed by atoms with Gasteiger partial charge in [-0.15, -0.1) is 0 Å². The number of nitrogens with one attached hydrogen (secondary N) is 1. The number of methoxy groups -OCH3 is 1. The lowest BCUT2D eigenvalue weighted by Gasteiger charge is -2.16. The van der Waals surface area contributed by atoms with E-state index in [2.05, 4.69) is 12.3 Å². The van der Waals surface area contributed by atoms with Gasteiger partial charge in [0.2, 0.25) is 0 Å². The lowest BCUT2D eigenvalue weighted by molar-refractivity contribution is 0.412. The van der Waals surface area contributed by atoms with E-state index in [1.807, 2.05) is 18.2 Å². The molecule has 3 nitrogen and oxygen atoms in total. The van der Waals surface area contributed by atoms with Crippen molar-refractivity contribution in [3.63, 3.8) is 0 Å². The van der Waals surface area contributed by atoms with Crippen LogP contribution < -0.4 is 16.0 Å². The maximum Gasteiger partial charge on any atom is 0.137 e. The molecule has 0 saturated carbocycles. The predicted octanol–water partition coefficient (Wildman–Crippen LogP) is 2.65. The fraction of sp³-hybridized carbons (Fsp3) is 0.455. The van der Waals surface area contributed by atoms with E-state index in [-0.39, 0.29) is 6.04 Å². The molecule has 1 unspecified atom stereocenters. The van der Waals surface area contributed by atoms with Crippen LogP contribution in [-0.2, 0) is 0 Å². The van der Waals surface area contributed by atoms with Gasteiger partial charge in [-0.25, -0.2) is 0 Å². The van der Waals surface area contributed by atoms with Crippen molar-refractivity contribution in [2.24, 2.45) is 5.84 Å². The molecule has 0 amide bonds. The normalized spacial score (nSPS) is 12.5. The highest BCUT2D eigenvalue weighted by Crippen LogP contribution is 2.28. The van der Waals surface area contributed by atoms with Crippen molar-refractivity contribution in [1.82, 2.24) is 5.43 Å². The zero-order valence-electron chi connectivity index (χ0n) is 9.09. The monoisotopic (exact) mass is 228 g/mol. The molecule has 0 saturated heterocycles. The van der Waals surface area contributed by atoms with E-state index in [0.717, 1.165) is 18.4 Å². The van der Waals surface area contributed by atoms with Crippen LogP contribution in [0.2, 0.25) is 5.02 Å². The predicted molar refractivity (Wildman–Crippen MR) is 63.0 cm³/mol. The first-order valence-corrected chi connectivity index (χ1v) is 5.40. The Balaban J connectivity index is 2.92. The van der Waals surface area contributed by atoms with Crippen LogP contribution >= 0.6 is 11.6 Å². The summed E-state index contributed by atoms with van der Waals surface area (Å²) in [4.78, 5) is 0. The van der Waals surface area contributed by atoms with Crippen molar-refractivity contribution in [3.05, 3.63) is 28.8 Å². The zero-order chi connectivity index (χ0) is 11.3. The van der Waals surface area contributed by atoms with Crippen molar-refractivity contribution in [3.8, 4) is 5.75 Å². The Bertz CT molecular complexity index is 317. The van der Waals surface area contributed by atoms with Crippen LogP contribution in [-0.4, -0.2) is 7.11 Å². The fourth-order valence-electron chi connectivity index (χ4n) is 1.53. The minimum atomic E-state index is 0.154. The van der Waals surface area contributed by atoms with Crippen molar-refractivity contribution in [2.45, 2.75) is 25.8 Å². The number of hydrogen-bond donors (Lipinski definition) is 2. The lowest BCUT2D eigenvalue weighted by Crippen LogP contribution is -2.27. The van der Waals surface area contributed by atoms with Gasteiger partial charge in [0.1, 0.15) is 5.75 Å². The molecule has 1 atom stereocenters. The molecule has 0 spiro atoms. The third kappa shape index (κ3) is 3.09. The Morgan fingerprint density at radius 2 is 2.27 bits per heavy atom. The number of halogens is 1. The van der Waals surface area contributed by atoms with E-state index in [1.54, 1.807) is 7.11 Å². The van der Waals surface area contributed by atoms with Crippen LogP contribution in [0.5, 0.6) is 5.75 Å². The smallest absolute Gasteiger partial charge is 0.137 e. The molecule has 1 aromatic rings. The average Bonchev–Trinajstić information content (AvgIpc) is 2.27. The molecule has 4 heteroatoms. The number of rotatable bonds is 5. The molecule has 0 heterocycles. The molecule has 0 aliphatic heterocycles. The topological polar surface area (TPSA) is 47.3 Å². The van der Waals surface area contributed by atoms with Crippen molar-refractivity contribution in [2.75, 3.05) is 7.11 Å². The first kappa shape index (κ1) is 12.3. The fourth-order valence-corrected chi connectivity index (χ4v) is 1.72. The van der Waals surface area contributed by atoms with Gasteiger partial charge in [0.05, 0.1) is 12.1 Å². The Hall–Kier alpha value is -0.770. The van der Waals surface area contributed by atoms with E-state index in [1.165, 1.54) is 0 Å². The van der Waals surface area contributed by atoms with Crippen molar-refractivity contribution >= 4 is 11.6 Å². The van der Waals surface area contributed by atoms with E-state index >= 15 is 0 Å². The van der Waals surface area contributed by atoms with Gasteiger partial charge < -0.3 is 4.74 Å². The molecule has 0 aliphatic rings. The molecule has 1 rings (SSSR count). The lowest BCUT2D eigenvalue weighted by atomic mass is 10.0. The highest BCUT2D eigenvalue weighted by molar-refractivity contribution is 6.32. The van der Waals surface area contributed by atoms with Crippen LogP contribution in [0.25, 0.3) is 0 Å². The van der Waals surface area contributed by atoms with E-state index < -0.39 is 0 Å². The van der Waals surface area contributed by atoms with Crippen molar-refractivity contribution < 1.29 is 4.74 Å². The van der Waals surface area contributed by atoms with Gasteiger partial charge in [-0.05, 0) is 24.1 Å². The second-order valence-electron chi connectivity index (χ2n) is 3.40. The summed E-state index contributed by atoms with van der Waals surface area (Å²) in [6, 6.07) is 5.87. The minimum absolute atomic E-state index is 0.154. The van der Waals surface area contributed by atoms with Gasteiger partial charge in [0.25, 0.3) is 0 Å². The number of ether oxygens (including phenoxy) is 1. The van der Waals surface area contributed by atoms with Gasteiger partial charge in [0, 0.05) is 6.04 Å². The third-order valence-corrected chi connectivity index (χ3v) is 2.67. The third-order valence-electron chi connectivity index (χ3n) is 2.36. The molecule has 84 valence electrons. The Morgan fingerprint density at radius 1 is 1.53 bits per heavy atom. The molecular formula is C11H17ClN2O. The van der Waals surface area contributed by atoms with Gasteiger partial charge in [-0.1, -0.05) is 31.0 Å². The van der Waals surface area contributed by atoms with E-state index in [0.29, 0.717) is 10.8 Å². The largest absolute Gasteiger partial charge is 0.495 e. The molecule has 1 aromatic carbocycles. The Labute approximate surface area is 95.5 Å². The molecule has 0 radical (unpaired) electrons. The number of benzene rings is 1. The van der Waals surface area contributed by atoms with E-state index in [9.17, 15) is 0 Å². The van der Waals surface area contributed by atoms with Crippen LogP contribution in [0.3, 0.4) is 0 Å². The maximum atomic E-state index is 5.94. The second-order valence-corrected chi connectivity index (χ2v) is 3.81. The van der Waals surface area contributed by atoms with Gasteiger partial charge >= 0.3 is 0 Å². The summed E-state index contributed by atoms with van der Waals surface area (Å²) in [7, 11) is 1.61. The quantitative estimate of drug-likeness (QED) is 0.602. The summed E-state index contributed by atoms with van der Waals surface area (Å²) in [5, 5.41) is 0.619. The average molecular weight is 229 g/mol. The molecule has 15 heavy (non-hydrogen) atoms. The van der Waals surface area contributed by atoms with Crippen LogP contribution in [0, 0.1) is 0 Å². The molecule has 0 bridgehead atoms. The maximum absolute atomic E-state index is 5.94. The Kier molecular flexibility index (Phi) is 4.88. The van der Waals surface area contributed by atoms with Crippen molar-refractivity contribution in [1.29, 1.82) is 0 Å². The summed E-state index contributed by atoms with van der Waals surface area (Å²) < 4.78 is 5.16. The molecule has 0 aliphatic carbocycles. The summed E-state index contributed by atoms with van der Waals surface area (Å²) in [6.07, 6.45) is 2.06. The molecule has 0 fully saturated rings. The number of hydrogen-bond acceptors (Lipinski definition) is 3. The molecule has 0 aromatic heterocycles. The summed E-state index contributed by atoms with van der Waals surface area (Å²) in [5.74, 6) is 6.18. The standard InChI is InChI=1S/C11H17ClN2O/c1-3-4-10(14-13)8-5-6-9(12)11(7-8)15-2/h5-7,10,14H,3-4,13H2,1-2H3. The number of hydrazine groups is 1. The van der Waals surface area contributed by atoms with E-state index in [4.69, 9.17) is 22.2 Å². The van der Waals surface area contributed by atoms with Gasteiger partial charge in [0.15, 0.2) is 0 Å².